The van der Waals surface area contributed by atoms with Gasteiger partial charge in [-0.05, 0) is 18.1 Å². The lowest BCUT2D eigenvalue weighted by Crippen LogP contribution is -2.03. The number of rotatable bonds is 3. The van der Waals surface area contributed by atoms with Gasteiger partial charge in [0.25, 0.3) is 0 Å². The molecule has 0 bridgehead atoms. The quantitative estimate of drug-likeness (QED) is 0.573. The Hall–Kier alpha value is -1.22. The van der Waals surface area contributed by atoms with E-state index in [9.17, 15) is 4.79 Å². The SMILES string of the molecule is CCc1cccc(OOC(C)=O)c1Cl. The van der Waals surface area contributed by atoms with Gasteiger partial charge in [-0.1, -0.05) is 30.7 Å². The predicted molar refractivity (Wildman–Crippen MR) is 53.2 cm³/mol. The lowest BCUT2D eigenvalue weighted by atomic mass is 10.2. The molecule has 3 nitrogen and oxygen atoms in total. The second kappa shape index (κ2) is 4.86. The summed E-state index contributed by atoms with van der Waals surface area (Å²) < 4.78 is 0. The summed E-state index contributed by atoms with van der Waals surface area (Å²) in [5.74, 6) is -0.149. The molecule has 76 valence electrons. The number of carbonyl (C=O) groups is 1. The third-order valence-corrected chi connectivity index (χ3v) is 2.10. The Morgan fingerprint density at radius 2 is 2.21 bits per heavy atom. The van der Waals surface area contributed by atoms with Crippen LogP contribution in [0.1, 0.15) is 19.4 Å². The second-order valence-corrected chi connectivity index (χ2v) is 3.12. The maximum absolute atomic E-state index is 10.5. The summed E-state index contributed by atoms with van der Waals surface area (Å²) in [4.78, 5) is 19.6. The Morgan fingerprint density at radius 1 is 1.50 bits per heavy atom. The zero-order valence-corrected chi connectivity index (χ0v) is 8.80. The maximum atomic E-state index is 10.5. The van der Waals surface area contributed by atoms with Gasteiger partial charge >= 0.3 is 5.97 Å². The van der Waals surface area contributed by atoms with Crippen molar-refractivity contribution in [3.8, 4) is 5.75 Å². The summed E-state index contributed by atoms with van der Waals surface area (Å²) in [5, 5.41) is 0.483. The van der Waals surface area contributed by atoms with Crippen molar-refractivity contribution in [2.45, 2.75) is 20.3 Å². The molecule has 0 fully saturated rings. The van der Waals surface area contributed by atoms with Crippen LogP contribution in [0.5, 0.6) is 5.75 Å². The molecule has 1 aromatic rings. The maximum Gasteiger partial charge on any atom is 0.352 e. The molecular formula is C10H11ClO3. The Morgan fingerprint density at radius 3 is 2.79 bits per heavy atom. The molecule has 1 rings (SSSR count). The standard InChI is InChI=1S/C10H11ClO3/c1-3-8-5-4-6-9(10(8)11)14-13-7(2)12/h4-6H,3H2,1-2H3. The Balaban J connectivity index is 2.81. The fourth-order valence-electron chi connectivity index (χ4n) is 0.997. The van der Waals surface area contributed by atoms with E-state index >= 15 is 0 Å². The predicted octanol–water partition coefficient (Wildman–Crippen LogP) is 2.76. The van der Waals surface area contributed by atoms with Gasteiger partial charge in [-0.3, -0.25) is 9.78 Å². The van der Waals surface area contributed by atoms with E-state index in [1.165, 1.54) is 6.92 Å². The molecular weight excluding hydrogens is 204 g/mol. The average molecular weight is 215 g/mol. The molecule has 0 saturated heterocycles. The number of carbonyl (C=O) groups excluding carboxylic acids is 1. The number of aryl methyl sites for hydroxylation is 1. The van der Waals surface area contributed by atoms with Crippen LogP contribution in [0.3, 0.4) is 0 Å². The molecule has 0 unspecified atom stereocenters. The van der Waals surface area contributed by atoms with Crippen molar-refractivity contribution in [1.82, 2.24) is 0 Å². The first-order valence-electron chi connectivity index (χ1n) is 4.27. The Bertz CT molecular complexity index is 336. The smallest absolute Gasteiger partial charge is 0.285 e. The summed E-state index contributed by atoms with van der Waals surface area (Å²) in [6, 6.07) is 5.33. The molecule has 1 aromatic carbocycles. The molecule has 0 aliphatic heterocycles. The largest absolute Gasteiger partial charge is 0.352 e. The normalized spacial score (nSPS) is 9.64. The molecule has 0 spiro atoms. The fraction of sp³-hybridized carbons (Fsp3) is 0.300. The monoisotopic (exact) mass is 214 g/mol. The Labute approximate surface area is 87.5 Å². The zero-order valence-electron chi connectivity index (χ0n) is 8.04. The zero-order chi connectivity index (χ0) is 10.6. The minimum atomic E-state index is -0.511. The number of halogens is 1. The van der Waals surface area contributed by atoms with Crippen molar-refractivity contribution in [2.24, 2.45) is 0 Å². The van der Waals surface area contributed by atoms with Gasteiger partial charge in [0.05, 0.1) is 5.02 Å². The summed E-state index contributed by atoms with van der Waals surface area (Å²) in [5.41, 5.74) is 0.955. The van der Waals surface area contributed by atoms with Crippen LogP contribution in [0.15, 0.2) is 18.2 Å². The lowest BCUT2D eigenvalue weighted by molar-refractivity contribution is -0.210. The molecule has 0 aromatic heterocycles. The van der Waals surface area contributed by atoms with Crippen LogP contribution in [0.25, 0.3) is 0 Å². The minimum Gasteiger partial charge on any atom is -0.285 e. The third kappa shape index (κ3) is 2.64. The van der Waals surface area contributed by atoms with Crippen molar-refractivity contribution in [2.75, 3.05) is 0 Å². The molecule has 0 N–H and O–H groups in total. The first kappa shape index (κ1) is 10.9. The van der Waals surface area contributed by atoms with Crippen molar-refractivity contribution in [3.63, 3.8) is 0 Å². The van der Waals surface area contributed by atoms with Crippen LogP contribution in [0.4, 0.5) is 0 Å². The highest BCUT2D eigenvalue weighted by molar-refractivity contribution is 6.32. The van der Waals surface area contributed by atoms with Gasteiger partial charge < -0.3 is 0 Å². The molecule has 0 amide bonds. The number of hydrogen-bond donors (Lipinski definition) is 0. The molecule has 0 saturated carbocycles. The van der Waals surface area contributed by atoms with Crippen molar-refractivity contribution >= 4 is 17.6 Å². The number of hydrogen-bond acceptors (Lipinski definition) is 3. The highest BCUT2D eigenvalue weighted by atomic mass is 35.5. The van der Waals surface area contributed by atoms with E-state index < -0.39 is 5.97 Å². The van der Waals surface area contributed by atoms with Gasteiger partial charge in [-0.15, -0.1) is 0 Å². The van der Waals surface area contributed by atoms with Crippen LogP contribution < -0.4 is 4.89 Å². The van der Waals surface area contributed by atoms with E-state index in [2.05, 4.69) is 4.89 Å². The summed E-state index contributed by atoms with van der Waals surface area (Å²) >= 11 is 5.98. The van der Waals surface area contributed by atoms with E-state index in [0.717, 1.165) is 12.0 Å². The highest BCUT2D eigenvalue weighted by Gasteiger charge is 2.07. The first-order valence-corrected chi connectivity index (χ1v) is 4.65. The van der Waals surface area contributed by atoms with E-state index in [0.29, 0.717) is 10.8 Å². The van der Waals surface area contributed by atoms with Crippen molar-refractivity contribution in [3.05, 3.63) is 28.8 Å². The molecule has 0 aliphatic rings. The van der Waals surface area contributed by atoms with Crippen LogP contribution >= 0.6 is 11.6 Å². The van der Waals surface area contributed by atoms with Crippen molar-refractivity contribution in [1.29, 1.82) is 0 Å². The third-order valence-electron chi connectivity index (χ3n) is 1.67. The van der Waals surface area contributed by atoms with Crippen molar-refractivity contribution < 1.29 is 14.6 Å². The van der Waals surface area contributed by atoms with Gasteiger partial charge in [0.1, 0.15) is 0 Å². The van der Waals surface area contributed by atoms with E-state index in [-0.39, 0.29) is 0 Å². The van der Waals surface area contributed by atoms with Gasteiger partial charge in [0.15, 0.2) is 5.75 Å². The summed E-state index contributed by atoms with van der Waals surface area (Å²) in [7, 11) is 0. The molecule has 4 heteroatoms. The van der Waals surface area contributed by atoms with Gasteiger partial charge in [-0.2, -0.15) is 0 Å². The highest BCUT2D eigenvalue weighted by Crippen LogP contribution is 2.28. The fourth-order valence-corrected chi connectivity index (χ4v) is 1.29. The molecule has 0 aliphatic carbocycles. The molecule has 0 heterocycles. The second-order valence-electron chi connectivity index (χ2n) is 2.74. The molecule has 0 radical (unpaired) electrons. The molecule has 14 heavy (non-hydrogen) atoms. The average Bonchev–Trinajstić information content (AvgIpc) is 2.16. The topological polar surface area (TPSA) is 35.5 Å². The van der Waals surface area contributed by atoms with Gasteiger partial charge in [0.2, 0.25) is 0 Å². The van der Waals surface area contributed by atoms with Gasteiger partial charge in [-0.25, -0.2) is 4.79 Å². The van der Waals surface area contributed by atoms with Crippen LogP contribution in [0.2, 0.25) is 5.02 Å². The van der Waals surface area contributed by atoms with E-state index in [1.54, 1.807) is 12.1 Å². The van der Waals surface area contributed by atoms with Gasteiger partial charge in [0, 0.05) is 6.92 Å². The lowest BCUT2D eigenvalue weighted by Gasteiger charge is -2.06. The Kier molecular flexibility index (Phi) is 3.77. The van der Waals surface area contributed by atoms with E-state index in [4.69, 9.17) is 16.5 Å². The van der Waals surface area contributed by atoms with Crippen LogP contribution in [-0.2, 0) is 16.1 Å². The van der Waals surface area contributed by atoms with Crippen LogP contribution in [-0.4, -0.2) is 5.97 Å². The molecule has 0 atom stereocenters. The first-order chi connectivity index (χ1) is 6.65. The summed E-state index contributed by atoms with van der Waals surface area (Å²) in [6.45, 7) is 3.24. The summed E-state index contributed by atoms with van der Waals surface area (Å²) in [6.07, 6.45) is 0.802. The minimum absolute atomic E-state index is 0.362. The van der Waals surface area contributed by atoms with E-state index in [1.807, 2.05) is 13.0 Å². The number of benzene rings is 1. The van der Waals surface area contributed by atoms with Crippen LogP contribution in [0, 0.1) is 0 Å².